The van der Waals surface area contributed by atoms with Gasteiger partial charge in [-0.05, 0) is 6.92 Å². The van der Waals surface area contributed by atoms with Crippen molar-refractivity contribution in [2.45, 2.75) is 19.1 Å². The van der Waals surface area contributed by atoms with E-state index in [4.69, 9.17) is 9.57 Å². The highest BCUT2D eigenvalue weighted by Crippen LogP contribution is 2.19. The fourth-order valence-corrected chi connectivity index (χ4v) is 1.18. The number of hydrogen-bond donors (Lipinski definition) is 0. The van der Waals surface area contributed by atoms with Crippen molar-refractivity contribution in [3.63, 3.8) is 0 Å². The Morgan fingerprint density at radius 2 is 2.45 bits per heavy atom. The van der Waals surface area contributed by atoms with Gasteiger partial charge in [0.05, 0.1) is 0 Å². The van der Waals surface area contributed by atoms with Crippen LogP contribution >= 0.6 is 0 Å². The molecular weight excluding hydrogens is 146 g/mol. The minimum Gasteiger partial charge on any atom is -0.445 e. The average Bonchev–Trinajstić information content (AvgIpc) is 2.33. The Labute approximate surface area is 64.3 Å². The molecule has 2 atom stereocenters. The fourth-order valence-electron chi connectivity index (χ4n) is 1.18. The minimum absolute atomic E-state index is 0.0151. The van der Waals surface area contributed by atoms with Crippen molar-refractivity contribution in [2.75, 3.05) is 6.61 Å². The topological polar surface area (TPSA) is 38.8 Å². The molecule has 2 aliphatic rings. The smallest absolute Gasteiger partial charge is 0.434 e. The molecule has 0 radical (unpaired) electrons. The summed E-state index contributed by atoms with van der Waals surface area (Å²) in [6, 6.07) is -0.0151. The quantitative estimate of drug-likeness (QED) is 0.483. The summed E-state index contributed by atoms with van der Waals surface area (Å²) in [5.41, 5.74) is 0. The molecule has 0 aromatic rings. The van der Waals surface area contributed by atoms with Gasteiger partial charge in [0.15, 0.2) is 0 Å². The Morgan fingerprint density at radius 1 is 1.64 bits per heavy atom. The molecule has 0 aliphatic carbocycles. The van der Waals surface area contributed by atoms with Crippen LogP contribution in [0.1, 0.15) is 6.92 Å². The lowest BCUT2D eigenvalue weighted by Gasteiger charge is -2.24. The van der Waals surface area contributed by atoms with Crippen molar-refractivity contribution in [3.8, 4) is 0 Å². The van der Waals surface area contributed by atoms with E-state index in [2.05, 4.69) is 0 Å². The monoisotopic (exact) mass is 155 g/mol. The predicted molar refractivity (Wildman–Crippen MR) is 36.7 cm³/mol. The Kier molecular flexibility index (Phi) is 1.35. The third-order valence-corrected chi connectivity index (χ3v) is 1.74. The van der Waals surface area contributed by atoms with Gasteiger partial charge in [0.25, 0.3) is 0 Å². The zero-order valence-corrected chi connectivity index (χ0v) is 6.19. The molecule has 0 aromatic heterocycles. The molecule has 2 rings (SSSR count). The van der Waals surface area contributed by atoms with Crippen molar-refractivity contribution in [1.82, 2.24) is 5.06 Å². The second-order valence-corrected chi connectivity index (χ2v) is 2.67. The van der Waals surface area contributed by atoms with E-state index < -0.39 is 0 Å². The van der Waals surface area contributed by atoms with E-state index >= 15 is 0 Å². The lowest BCUT2D eigenvalue weighted by atomic mass is 10.2. The maximum absolute atomic E-state index is 10.9. The molecule has 0 N–H and O–H groups in total. The van der Waals surface area contributed by atoms with Gasteiger partial charge in [-0.3, -0.25) is 4.84 Å². The highest BCUT2D eigenvalue weighted by atomic mass is 16.7. The molecule has 0 aromatic carbocycles. The van der Waals surface area contributed by atoms with Gasteiger partial charge >= 0.3 is 6.09 Å². The molecule has 2 heterocycles. The summed E-state index contributed by atoms with van der Waals surface area (Å²) < 4.78 is 4.76. The summed E-state index contributed by atoms with van der Waals surface area (Å²) in [7, 11) is 0. The van der Waals surface area contributed by atoms with Crippen LogP contribution in [0.15, 0.2) is 12.2 Å². The summed E-state index contributed by atoms with van der Waals surface area (Å²) in [6.07, 6.45) is 3.44. The zero-order chi connectivity index (χ0) is 7.84. The first-order chi connectivity index (χ1) is 5.27. The zero-order valence-electron chi connectivity index (χ0n) is 6.19. The van der Waals surface area contributed by atoms with Crippen LogP contribution in [-0.4, -0.2) is 29.9 Å². The number of fused-ring (bicyclic) bond motifs is 1. The van der Waals surface area contributed by atoms with Crippen LogP contribution in [0.2, 0.25) is 0 Å². The largest absolute Gasteiger partial charge is 0.445 e. The molecule has 1 saturated heterocycles. The van der Waals surface area contributed by atoms with Crippen LogP contribution in [0.5, 0.6) is 0 Å². The summed E-state index contributed by atoms with van der Waals surface area (Å²) >= 11 is 0. The summed E-state index contributed by atoms with van der Waals surface area (Å²) in [4.78, 5) is 16.1. The van der Waals surface area contributed by atoms with Crippen LogP contribution in [-0.2, 0) is 9.57 Å². The molecule has 4 heteroatoms. The Morgan fingerprint density at radius 3 is 3.27 bits per heavy atom. The maximum Gasteiger partial charge on any atom is 0.434 e. The van der Waals surface area contributed by atoms with Gasteiger partial charge in [-0.1, -0.05) is 12.2 Å². The number of nitrogens with zero attached hydrogens (tertiary/aromatic N) is 1. The molecule has 0 unspecified atom stereocenters. The van der Waals surface area contributed by atoms with E-state index in [1.54, 1.807) is 0 Å². The number of cyclic esters (lactones) is 1. The molecule has 0 spiro atoms. The fraction of sp³-hybridized carbons (Fsp3) is 0.571. The number of rotatable bonds is 0. The maximum atomic E-state index is 10.9. The molecule has 0 saturated carbocycles. The van der Waals surface area contributed by atoms with Crippen molar-refractivity contribution in [1.29, 1.82) is 0 Å². The van der Waals surface area contributed by atoms with E-state index in [1.165, 1.54) is 5.06 Å². The van der Waals surface area contributed by atoms with Crippen LogP contribution < -0.4 is 0 Å². The number of hydroxylamine groups is 2. The van der Waals surface area contributed by atoms with Gasteiger partial charge in [-0.15, -0.1) is 0 Å². The third kappa shape index (κ3) is 0.991. The number of amides is 1. The SMILES string of the molecule is C[C@H]1C=C[C@H]2COC(=O)N2O1. The Bertz CT molecular complexity index is 214. The van der Waals surface area contributed by atoms with Crippen molar-refractivity contribution in [3.05, 3.63) is 12.2 Å². The highest BCUT2D eigenvalue weighted by Gasteiger charge is 2.35. The summed E-state index contributed by atoms with van der Waals surface area (Å²) in [5.74, 6) is 0. The molecule has 0 bridgehead atoms. The van der Waals surface area contributed by atoms with Gasteiger partial charge in [0, 0.05) is 0 Å². The van der Waals surface area contributed by atoms with Crippen molar-refractivity contribution >= 4 is 6.09 Å². The molecule has 60 valence electrons. The first kappa shape index (κ1) is 6.67. The van der Waals surface area contributed by atoms with E-state index in [1.807, 2.05) is 19.1 Å². The van der Waals surface area contributed by atoms with Crippen molar-refractivity contribution in [2.24, 2.45) is 0 Å². The number of carbonyl (C=O) groups is 1. The number of ether oxygens (including phenoxy) is 1. The average molecular weight is 155 g/mol. The number of carbonyl (C=O) groups excluding carboxylic acids is 1. The van der Waals surface area contributed by atoms with Crippen LogP contribution in [0.4, 0.5) is 4.79 Å². The Hall–Kier alpha value is -1.03. The van der Waals surface area contributed by atoms with Gasteiger partial charge in [0.1, 0.15) is 18.8 Å². The van der Waals surface area contributed by atoms with E-state index in [0.29, 0.717) is 6.61 Å². The van der Waals surface area contributed by atoms with Crippen molar-refractivity contribution < 1.29 is 14.4 Å². The standard InChI is InChI=1S/C7H9NO3/c1-5-2-3-6-4-10-7(9)8(6)11-5/h2-3,5-6H,4H2,1H3/t5-,6-/m0/s1. The van der Waals surface area contributed by atoms with E-state index in [-0.39, 0.29) is 18.2 Å². The minimum atomic E-state index is -0.383. The molecule has 1 fully saturated rings. The Balaban J connectivity index is 2.18. The van der Waals surface area contributed by atoms with E-state index in [0.717, 1.165) is 0 Å². The molecule has 1 amide bonds. The van der Waals surface area contributed by atoms with Crippen LogP contribution in [0, 0.1) is 0 Å². The predicted octanol–water partition coefficient (Wildman–Crippen LogP) is 0.697. The first-order valence-electron chi connectivity index (χ1n) is 3.58. The summed E-state index contributed by atoms with van der Waals surface area (Å²) in [6.45, 7) is 2.28. The normalized spacial score (nSPS) is 35.4. The molecule has 4 nitrogen and oxygen atoms in total. The lowest BCUT2D eigenvalue weighted by molar-refractivity contribution is -0.151. The molecular formula is C7H9NO3. The highest BCUT2D eigenvalue weighted by molar-refractivity contribution is 5.69. The molecule has 2 aliphatic heterocycles. The van der Waals surface area contributed by atoms with Gasteiger partial charge in [0.2, 0.25) is 0 Å². The summed E-state index contributed by atoms with van der Waals surface area (Å²) in [5, 5.41) is 1.28. The van der Waals surface area contributed by atoms with E-state index in [9.17, 15) is 4.79 Å². The van der Waals surface area contributed by atoms with Gasteiger partial charge < -0.3 is 4.74 Å². The van der Waals surface area contributed by atoms with Crippen LogP contribution in [0.3, 0.4) is 0 Å². The third-order valence-electron chi connectivity index (χ3n) is 1.74. The van der Waals surface area contributed by atoms with Crippen LogP contribution in [0.25, 0.3) is 0 Å². The van der Waals surface area contributed by atoms with Gasteiger partial charge in [-0.2, -0.15) is 5.06 Å². The second kappa shape index (κ2) is 2.23. The number of hydrogen-bond acceptors (Lipinski definition) is 3. The first-order valence-corrected chi connectivity index (χ1v) is 3.58. The lowest BCUT2D eigenvalue weighted by Crippen LogP contribution is -2.37. The second-order valence-electron chi connectivity index (χ2n) is 2.67. The van der Waals surface area contributed by atoms with Gasteiger partial charge in [-0.25, -0.2) is 4.79 Å². The molecule has 11 heavy (non-hydrogen) atoms.